The average Bonchev–Trinajstić information content (AvgIpc) is 2.52. The maximum atomic E-state index is 2.52. The molecule has 1 aliphatic carbocycles. The minimum absolute atomic E-state index is 0.894. The van der Waals surface area contributed by atoms with Crippen molar-refractivity contribution in [1.29, 1.82) is 0 Å². The van der Waals surface area contributed by atoms with Gasteiger partial charge in [-0.15, -0.1) is 0 Å². The summed E-state index contributed by atoms with van der Waals surface area (Å²) in [6.45, 7) is 17.2. The van der Waals surface area contributed by atoms with E-state index >= 15 is 0 Å². The SMILES string of the molecule is CCC(C)CC(C)C(C)C1C(C)CC(C)C1C. The van der Waals surface area contributed by atoms with Crippen LogP contribution in [0, 0.1) is 41.4 Å². The van der Waals surface area contributed by atoms with E-state index in [0.717, 1.165) is 41.4 Å². The van der Waals surface area contributed by atoms with Crippen LogP contribution in [0.5, 0.6) is 0 Å². The lowest BCUT2D eigenvalue weighted by molar-refractivity contribution is 0.155. The Morgan fingerprint density at radius 3 is 2.00 bits per heavy atom. The summed E-state index contributed by atoms with van der Waals surface area (Å²) in [7, 11) is 0. The van der Waals surface area contributed by atoms with Crippen molar-refractivity contribution in [3.8, 4) is 0 Å². The van der Waals surface area contributed by atoms with E-state index in [-0.39, 0.29) is 0 Å². The molecular weight excluding hydrogens is 204 g/mol. The highest BCUT2D eigenvalue weighted by atomic mass is 14.4. The summed E-state index contributed by atoms with van der Waals surface area (Å²) < 4.78 is 0. The minimum atomic E-state index is 0.894. The van der Waals surface area contributed by atoms with Crippen LogP contribution >= 0.6 is 0 Å². The second-order valence-electron chi connectivity index (χ2n) is 7.21. The Balaban J connectivity index is 2.59. The second-order valence-corrected chi connectivity index (χ2v) is 7.21. The molecule has 1 aliphatic rings. The molecule has 0 N–H and O–H groups in total. The van der Waals surface area contributed by atoms with Gasteiger partial charge in [-0.25, -0.2) is 0 Å². The Morgan fingerprint density at radius 2 is 1.59 bits per heavy atom. The van der Waals surface area contributed by atoms with Crippen molar-refractivity contribution < 1.29 is 0 Å². The Morgan fingerprint density at radius 1 is 1.00 bits per heavy atom. The third-order valence-corrected chi connectivity index (χ3v) is 5.88. The van der Waals surface area contributed by atoms with Gasteiger partial charge < -0.3 is 0 Å². The van der Waals surface area contributed by atoms with Gasteiger partial charge in [0.25, 0.3) is 0 Å². The smallest absolute Gasteiger partial charge is 0.0332 e. The van der Waals surface area contributed by atoms with Gasteiger partial charge in [-0.3, -0.25) is 0 Å². The summed E-state index contributed by atoms with van der Waals surface area (Å²) in [5.74, 6) is 6.46. The van der Waals surface area contributed by atoms with Crippen molar-refractivity contribution in [2.45, 2.75) is 67.7 Å². The molecule has 0 bridgehead atoms. The van der Waals surface area contributed by atoms with Crippen LogP contribution in [0.1, 0.15) is 67.7 Å². The van der Waals surface area contributed by atoms with E-state index in [9.17, 15) is 0 Å². The first-order chi connectivity index (χ1) is 7.88. The lowest BCUT2D eigenvalue weighted by Crippen LogP contribution is -2.27. The van der Waals surface area contributed by atoms with Crippen LogP contribution in [0.3, 0.4) is 0 Å². The van der Waals surface area contributed by atoms with Crippen LogP contribution in [-0.2, 0) is 0 Å². The topological polar surface area (TPSA) is 0 Å². The van der Waals surface area contributed by atoms with Gasteiger partial charge in [-0.1, -0.05) is 54.9 Å². The van der Waals surface area contributed by atoms with Gasteiger partial charge in [0.1, 0.15) is 0 Å². The molecular formula is C17H34. The summed E-state index contributed by atoms with van der Waals surface area (Å²) in [4.78, 5) is 0. The zero-order valence-electron chi connectivity index (χ0n) is 13.2. The van der Waals surface area contributed by atoms with Gasteiger partial charge in [0.2, 0.25) is 0 Å². The molecule has 0 aromatic heterocycles. The lowest BCUT2D eigenvalue weighted by atomic mass is 9.72. The summed E-state index contributed by atoms with van der Waals surface area (Å²) in [6, 6.07) is 0. The first-order valence-corrected chi connectivity index (χ1v) is 7.88. The number of hydrogen-bond acceptors (Lipinski definition) is 0. The van der Waals surface area contributed by atoms with Crippen LogP contribution in [-0.4, -0.2) is 0 Å². The zero-order valence-corrected chi connectivity index (χ0v) is 13.2. The monoisotopic (exact) mass is 238 g/mol. The second kappa shape index (κ2) is 6.25. The molecule has 0 spiro atoms. The van der Waals surface area contributed by atoms with E-state index < -0.39 is 0 Å². The maximum Gasteiger partial charge on any atom is -0.0332 e. The fourth-order valence-corrected chi connectivity index (χ4v) is 4.25. The van der Waals surface area contributed by atoms with Gasteiger partial charge in [-0.2, -0.15) is 0 Å². The van der Waals surface area contributed by atoms with Crippen molar-refractivity contribution in [3.63, 3.8) is 0 Å². The van der Waals surface area contributed by atoms with Gasteiger partial charge in [0.15, 0.2) is 0 Å². The molecule has 0 aliphatic heterocycles. The van der Waals surface area contributed by atoms with E-state index in [1.54, 1.807) is 0 Å². The van der Waals surface area contributed by atoms with Crippen LogP contribution in [0.2, 0.25) is 0 Å². The van der Waals surface area contributed by atoms with Crippen LogP contribution < -0.4 is 0 Å². The molecule has 1 saturated carbocycles. The van der Waals surface area contributed by atoms with Crippen LogP contribution in [0.15, 0.2) is 0 Å². The third kappa shape index (κ3) is 3.48. The summed E-state index contributed by atoms with van der Waals surface area (Å²) >= 11 is 0. The van der Waals surface area contributed by atoms with Gasteiger partial charge in [-0.05, 0) is 54.3 Å². The molecule has 102 valence electrons. The van der Waals surface area contributed by atoms with E-state index in [1.807, 2.05) is 0 Å². The molecule has 0 heterocycles. The van der Waals surface area contributed by atoms with Gasteiger partial charge in [0, 0.05) is 0 Å². The molecule has 0 saturated heterocycles. The summed E-state index contributed by atoms with van der Waals surface area (Å²) in [5, 5.41) is 0. The fourth-order valence-electron chi connectivity index (χ4n) is 4.25. The van der Waals surface area contributed by atoms with E-state index in [1.165, 1.54) is 19.3 Å². The highest BCUT2D eigenvalue weighted by Gasteiger charge is 2.40. The Hall–Kier alpha value is 0. The molecule has 0 aromatic rings. The Kier molecular flexibility index (Phi) is 5.54. The molecule has 0 radical (unpaired) electrons. The van der Waals surface area contributed by atoms with E-state index in [4.69, 9.17) is 0 Å². The van der Waals surface area contributed by atoms with Crippen LogP contribution in [0.25, 0.3) is 0 Å². The first-order valence-electron chi connectivity index (χ1n) is 7.88. The predicted molar refractivity (Wildman–Crippen MR) is 78.0 cm³/mol. The van der Waals surface area contributed by atoms with Crippen molar-refractivity contribution >= 4 is 0 Å². The standard InChI is InChI=1S/C17H34/c1-8-11(2)9-12(3)15(6)17-14(5)10-13(4)16(17)7/h11-17H,8-10H2,1-7H3. The highest BCUT2D eigenvalue weighted by molar-refractivity contribution is 4.89. The molecule has 0 amide bonds. The summed E-state index contributed by atoms with van der Waals surface area (Å²) in [5.41, 5.74) is 0. The molecule has 17 heavy (non-hydrogen) atoms. The molecule has 0 nitrogen and oxygen atoms in total. The quantitative estimate of drug-likeness (QED) is 0.583. The van der Waals surface area contributed by atoms with E-state index in [0.29, 0.717) is 0 Å². The largest absolute Gasteiger partial charge is 0.0651 e. The normalized spacial score (nSPS) is 39.0. The number of hydrogen-bond donors (Lipinski definition) is 0. The molecule has 7 atom stereocenters. The average molecular weight is 238 g/mol. The molecule has 1 fully saturated rings. The number of rotatable bonds is 5. The van der Waals surface area contributed by atoms with Crippen molar-refractivity contribution in [1.82, 2.24) is 0 Å². The molecule has 0 heteroatoms. The lowest BCUT2D eigenvalue weighted by Gasteiger charge is -2.33. The van der Waals surface area contributed by atoms with Crippen molar-refractivity contribution in [2.24, 2.45) is 41.4 Å². The third-order valence-electron chi connectivity index (χ3n) is 5.88. The van der Waals surface area contributed by atoms with Crippen LogP contribution in [0.4, 0.5) is 0 Å². The highest BCUT2D eigenvalue weighted by Crippen LogP contribution is 2.47. The van der Waals surface area contributed by atoms with Gasteiger partial charge in [0.05, 0.1) is 0 Å². The Labute approximate surface area is 110 Å². The van der Waals surface area contributed by atoms with Gasteiger partial charge >= 0.3 is 0 Å². The van der Waals surface area contributed by atoms with Crippen molar-refractivity contribution in [2.75, 3.05) is 0 Å². The van der Waals surface area contributed by atoms with E-state index in [2.05, 4.69) is 48.5 Å². The summed E-state index contributed by atoms with van der Waals surface area (Å²) in [6.07, 6.45) is 4.21. The first kappa shape index (κ1) is 15.1. The minimum Gasteiger partial charge on any atom is -0.0651 e. The Bertz CT molecular complexity index is 220. The molecule has 7 unspecified atom stereocenters. The molecule has 0 aromatic carbocycles. The zero-order chi connectivity index (χ0) is 13.2. The predicted octanol–water partition coefficient (Wildman–Crippen LogP) is 5.62. The fraction of sp³-hybridized carbons (Fsp3) is 1.00. The maximum absolute atomic E-state index is 2.52. The van der Waals surface area contributed by atoms with Crippen molar-refractivity contribution in [3.05, 3.63) is 0 Å². The molecule has 1 rings (SSSR count).